The second kappa shape index (κ2) is 3.58. The average Bonchev–Trinajstić information content (AvgIpc) is 2.18. The first kappa shape index (κ1) is 9.46. The van der Waals surface area contributed by atoms with E-state index >= 15 is 0 Å². The molecule has 1 atom stereocenters. The smallest absolute Gasteiger partial charge is 0.0963 e. The lowest BCUT2D eigenvalue weighted by molar-refractivity contribution is 0.151. The number of aryl methyl sites for hydroxylation is 1. The van der Waals surface area contributed by atoms with Gasteiger partial charge in [0.1, 0.15) is 0 Å². The molecule has 1 aliphatic carbocycles. The van der Waals surface area contributed by atoms with Gasteiger partial charge in [-0.05, 0) is 37.8 Å². The molecule has 1 aliphatic rings. The average molecular weight is 192 g/mol. The van der Waals surface area contributed by atoms with Crippen molar-refractivity contribution in [2.45, 2.75) is 32.3 Å². The maximum atomic E-state index is 9.82. The minimum Gasteiger partial charge on any atom is -0.388 e. The predicted molar refractivity (Wildman–Crippen MR) is 56.4 cm³/mol. The molecule has 1 aromatic heterocycles. The Bertz CT molecular complexity index is 349. The summed E-state index contributed by atoms with van der Waals surface area (Å²) >= 11 is 0. The molecule has 0 aromatic carbocycles. The van der Waals surface area contributed by atoms with Gasteiger partial charge in [0.25, 0.3) is 0 Å². The second-order valence-corrected chi connectivity index (χ2v) is 3.83. The number of aliphatic hydroxyl groups excluding tert-OH is 1. The monoisotopic (exact) mass is 192 g/mol. The van der Waals surface area contributed by atoms with Crippen molar-refractivity contribution in [1.29, 1.82) is 0 Å². The van der Waals surface area contributed by atoms with Gasteiger partial charge in [0.15, 0.2) is 0 Å². The molecule has 2 rings (SSSR count). The summed E-state index contributed by atoms with van der Waals surface area (Å²) in [5, 5.41) is 13.0. The highest BCUT2D eigenvalue weighted by molar-refractivity contribution is 5.54. The third kappa shape index (κ3) is 1.48. The van der Waals surface area contributed by atoms with Crippen molar-refractivity contribution >= 4 is 5.69 Å². The molecule has 0 aliphatic heterocycles. The van der Waals surface area contributed by atoms with Gasteiger partial charge in [-0.1, -0.05) is 0 Å². The zero-order valence-corrected chi connectivity index (χ0v) is 8.67. The van der Waals surface area contributed by atoms with E-state index in [9.17, 15) is 5.11 Å². The second-order valence-electron chi connectivity index (χ2n) is 3.83. The summed E-state index contributed by atoms with van der Waals surface area (Å²) in [5.41, 5.74) is 4.15. The van der Waals surface area contributed by atoms with Gasteiger partial charge < -0.3 is 10.4 Å². The number of anilines is 1. The highest BCUT2D eigenvalue weighted by atomic mass is 16.3. The molecule has 2 N–H and O–H groups in total. The van der Waals surface area contributed by atoms with Crippen LogP contribution in [0, 0.1) is 6.92 Å². The molecular weight excluding hydrogens is 176 g/mol. The molecule has 1 aromatic rings. The summed E-state index contributed by atoms with van der Waals surface area (Å²) in [5.74, 6) is 0. The van der Waals surface area contributed by atoms with E-state index in [0.29, 0.717) is 0 Å². The molecule has 0 fully saturated rings. The topological polar surface area (TPSA) is 45.2 Å². The van der Waals surface area contributed by atoms with Crippen LogP contribution in [0.5, 0.6) is 0 Å². The van der Waals surface area contributed by atoms with Crippen LogP contribution < -0.4 is 5.32 Å². The molecule has 0 saturated heterocycles. The molecule has 0 amide bonds. The summed E-state index contributed by atoms with van der Waals surface area (Å²) in [6.45, 7) is 1.96. The molecule has 0 saturated carbocycles. The Morgan fingerprint density at radius 1 is 1.57 bits per heavy atom. The maximum absolute atomic E-state index is 9.82. The van der Waals surface area contributed by atoms with Crippen molar-refractivity contribution in [2.24, 2.45) is 0 Å². The molecule has 0 radical (unpaired) electrons. The van der Waals surface area contributed by atoms with Crippen LogP contribution in [0.2, 0.25) is 0 Å². The first-order chi connectivity index (χ1) is 6.72. The predicted octanol–water partition coefficient (Wildman–Crippen LogP) is 1.80. The molecule has 76 valence electrons. The van der Waals surface area contributed by atoms with Crippen LogP contribution >= 0.6 is 0 Å². The molecule has 3 nitrogen and oxygen atoms in total. The Morgan fingerprint density at radius 3 is 3.07 bits per heavy atom. The van der Waals surface area contributed by atoms with Gasteiger partial charge >= 0.3 is 0 Å². The molecule has 1 unspecified atom stereocenters. The number of nitrogens with zero attached hydrogens (tertiary/aromatic N) is 1. The van der Waals surface area contributed by atoms with Crippen LogP contribution in [0.1, 0.15) is 35.9 Å². The molecular formula is C11H16N2O. The van der Waals surface area contributed by atoms with E-state index in [2.05, 4.69) is 10.3 Å². The number of aromatic nitrogens is 1. The van der Waals surface area contributed by atoms with Crippen LogP contribution in [0.15, 0.2) is 6.07 Å². The van der Waals surface area contributed by atoms with Crippen molar-refractivity contribution in [3.05, 3.63) is 23.0 Å². The number of hydrogen-bond acceptors (Lipinski definition) is 3. The van der Waals surface area contributed by atoms with E-state index in [-0.39, 0.29) is 6.10 Å². The van der Waals surface area contributed by atoms with Crippen LogP contribution in [0.3, 0.4) is 0 Å². The van der Waals surface area contributed by atoms with E-state index in [4.69, 9.17) is 0 Å². The molecule has 0 bridgehead atoms. The first-order valence-corrected chi connectivity index (χ1v) is 5.08. The van der Waals surface area contributed by atoms with E-state index in [0.717, 1.165) is 36.3 Å². The van der Waals surface area contributed by atoms with E-state index in [1.54, 1.807) is 0 Å². The lowest BCUT2D eigenvalue weighted by Crippen LogP contribution is -2.14. The Kier molecular flexibility index (Phi) is 2.42. The summed E-state index contributed by atoms with van der Waals surface area (Å²) in [7, 11) is 1.91. The largest absolute Gasteiger partial charge is 0.388 e. The summed E-state index contributed by atoms with van der Waals surface area (Å²) in [6, 6.07) is 2.04. The standard InChI is InChI=1S/C11H16N2O/c1-7-6-9(12-2)8-4-3-5-10(14)11(8)13-7/h6,10,14H,3-5H2,1-2H3,(H,12,13). The van der Waals surface area contributed by atoms with Crippen molar-refractivity contribution in [3.8, 4) is 0 Å². The van der Waals surface area contributed by atoms with Gasteiger partial charge in [0.05, 0.1) is 11.8 Å². The summed E-state index contributed by atoms with van der Waals surface area (Å²) in [6.07, 6.45) is 2.54. The van der Waals surface area contributed by atoms with Crippen LogP contribution in [-0.4, -0.2) is 17.1 Å². The highest BCUT2D eigenvalue weighted by Gasteiger charge is 2.21. The number of fused-ring (bicyclic) bond motifs is 1. The van der Waals surface area contributed by atoms with Gasteiger partial charge in [-0.3, -0.25) is 4.98 Å². The van der Waals surface area contributed by atoms with Crippen molar-refractivity contribution in [1.82, 2.24) is 4.98 Å². The number of rotatable bonds is 1. The quantitative estimate of drug-likeness (QED) is 0.713. The van der Waals surface area contributed by atoms with Crippen molar-refractivity contribution < 1.29 is 5.11 Å². The fourth-order valence-electron chi connectivity index (χ4n) is 2.09. The number of aliphatic hydroxyl groups is 1. The molecule has 3 heteroatoms. The first-order valence-electron chi connectivity index (χ1n) is 5.08. The number of pyridine rings is 1. The van der Waals surface area contributed by atoms with E-state index < -0.39 is 0 Å². The van der Waals surface area contributed by atoms with Crippen LogP contribution in [0.25, 0.3) is 0 Å². The zero-order valence-electron chi connectivity index (χ0n) is 8.67. The lowest BCUT2D eigenvalue weighted by atomic mass is 9.92. The Balaban J connectivity index is 2.54. The molecule has 0 spiro atoms. The van der Waals surface area contributed by atoms with Gasteiger partial charge in [0.2, 0.25) is 0 Å². The van der Waals surface area contributed by atoms with E-state index in [1.807, 2.05) is 20.0 Å². The third-order valence-corrected chi connectivity index (χ3v) is 2.77. The van der Waals surface area contributed by atoms with E-state index in [1.165, 1.54) is 5.56 Å². The fourth-order valence-corrected chi connectivity index (χ4v) is 2.09. The fraction of sp³-hybridized carbons (Fsp3) is 0.545. The van der Waals surface area contributed by atoms with Gasteiger partial charge in [-0.2, -0.15) is 0 Å². The normalized spacial score (nSPS) is 20.4. The van der Waals surface area contributed by atoms with Crippen molar-refractivity contribution in [2.75, 3.05) is 12.4 Å². The minimum absolute atomic E-state index is 0.370. The molecule has 1 heterocycles. The summed E-state index contributed by atoms with van der Waals surface area (Å²) < 4.78 is 0. The summed E-state index contributed by atoms with van der Waals surface area (Å²) in [4.78, 5) is 4.41. The third-order valence-electron chi connectivity index (χ3n) is 2.77. The zero-order chi connectivity index (χ0) is 10.1. The Hall–Kier alpha value is -1.09. The number of nitrogens with one attached hydrogen (secondary N) is 1. The Morgan fingerprint density at radius 2 is 2.36 bits per heavy atom. The Labute approximate surface area is 84.2 Å². The lowest BCUT2D eigenvalue weighted by Gasteiger charge is -2.23. The van der Waals surface area contributed by atoms with Gasteiger partial charge in [-0.25, -0.2) is 0 Å². The SMILES string of the molecule is CNc1cc(C)nc2c1CCCC2O. The number of hydrogen-bond donors (Lipinski definition) is 2. The van der Waals surface area contributed by atoms with Gasteiger partial charge in [0, 0.05) is 18.4 Å². The highest BCUT2D eigenvalue weighted by Crippen LogP contribution is 2.32. The van der Waals surface area contributed by atoms with Gasteiger partial charge in [-0.15, -0.1) is 0 Å². The van der Waals surface area contributed by atoms with Crippen LogP contribution in [0.4, 0.5) is 5.69 Å². The van der Waals surface area contributed by atoms with Crippen molar-refractivity contribution in [3.63, 3.8) is 0 Å². The maximum Gasteiger partial charge on any atom is 0.0963 e. The van der Waals surface area contributed by atoms with Crippen LogP contribution in [-0.2, 0) is 6.42 Å². The minimum atomic E-state index is -0.370. The molecule has 14 heavy (non-hydrogen) atoms.